The SMILES string of the molecule is CN1CCC(N(C)C(=O)[C@@H]2C[C@@H]2C(=O)O)CC1. The Labute approximate surface area is 101 Å². The topological polar surface area (TPSA) is 60.9 Å². The van der Waals surface area contributed by atoms with Crippen molar-refractivity contribution in [2.75, 3.05) is 27.2 Å². The highest BCUT2D eigenvalue weighted by Gasteiger charge is 2.50. The summed E-state index contributed by atoms with van der Waals surface area (Å²) in [7, 11) is 3.90. The molecule has 1 amide bonds. The summed E-state index contributed by atoms with van der Waals surface area (Å²) in [6, 6.07) is 0.286. The number of likely N-dealkylation sites (tertiary alicyclic amines) is 1. The Balaban J connectivity index is 1.86. The number of carbonyl (C=O) groups excluding carboxylic acids is 1. The molecule has 1 saturated heterocycles. The molecule has 0 unspecified atom stereocenters. The lowest BCUT2D eigenvalue weighted by Gasteiger charge is -2.35. The van der Waals surface area contributed by atoms with E-state index in [0.717, 1.165) is 25.9 Å². The zero-order valence-electron chi connectivity index (χ0n) is 10.4. The van der Waals surface area contributed by atoms with E-state index in [-0.39, 0.29) is 17.9 Å². The maximum Gasteiger partial charge on any atom is 0.307 e. The minimum absolute atomic E-state index is 0.0203. The number of nitrogens with zero attached hydrogens (tertiary/aromatic N) is 2. The van der Waals surface area contributed by atoms with Crippen molar-refractivity contribution in [3.8, 4) is 0 Å². The second-order valence-corrected chi connectivity index (χ2v) is 5.27. The summed E-state index contributed by atoms with van der Waals surface area (Å²) in [5.41, 5.74) is 0. The molecule has 2 fully saturated rings. The summed E-state index contributed by atoms with van der Waals surface area (Å²) in [6.45, 7) is 2.02. The van der Waals surface area contributed by atoms with Gasteiger partial charge in [-0.15, -0.1) is 0 Å². The third-order valence-corrected chi connectivity index (χ3v) is 4.01. The van der Waals surface area contributed by atoms with Gasteiger partial charge in [0.2, 0.25) is 5.91 Å². The molecule has 0 aromatic heterocycles. The monoisotopic (exact) mass is 240 g/mol. The van der Waals surface area contributed by atoms with Gasteiger partial charge in [0.1, 0.15) is 0 Å². The Morgan fingerprint density at radius 2 is 1.82 bits per heavy atom. The molecule has 96 valence electrons. The van der Waals surface area contributed by atoms with Crippen LogP contribution in [0.4, 0.5) is 0 Å². The summed E-state index contributed by atoms with van der Waals surface area (Å²) < 4.78 is 0. The average molecular weight is 240 g/mol. The lowest BCUT2D eigenvalue weighted by Crippen LogP contribution is -2.45. The van der Waals surface area contributed by atoms with Crippen molar-refractivity contribution < 1.29 is 14.7 Å². The number of hydrogen-bond donors (Lipinski definition) is 1. The molecule has 2 rings (SSSR count). The molecule has 1 saturated carbocycles. The number of carboxylic acids is 1. The first-order chi connectivity index (χ1) is 8.00. The van der Waals surface area contributed by atoms with Crippen LogP contribution in [-0.2, 0) is 9.59 Å². The molecule has 1 aliphatic heterocycles. The van der Waals surface area contributed by atoms with Crippen LogP contribution in [0.3, 0.4) is 0 Å². The number of amides is 1. The van der Waals surface area contributed by atoms with Crippen LogP contribution in [-0.4, -0.2) is 60.0 Å². The van der Waals surface area contributed by atoms with E-state index >= 15 is 0 Å². The van der Waals surface area contributed by atoms with Crippen LogP contribution in [0.25, 0.3) is 0 Å². The Morgan fingerprint density at radius 1 is 1.24 bits per heavy atom. The molecule has 5 heteroatoms. The maximum atomic E-state index is 12.0. The van der Waals surface area contributed by atoms with E-state index < -0.39 is 11.9 Å². The third kappa shape index (κ3) is 2.60. The molecule has 0 bridgehead atoms. The Hall–Kier alpha value is -1.10. The van der Waals surface area contributed by atoms with E-state index in [4.69, 9.17) is 5.11 Å². The lowest BCUT2D eigenvalue weighted by atomic mass is 10.0. The Kier molecular flexibility index (Phi) is 3.38. The standard InChI is InChI=1S/C12H20N2O3/c1-13-5-3-8(4-6-13)14(2)11(15)9-7-10(9)12(16)17/h8-10H,3-7H2,1-2H3,(H,16,17)/t9-,10+/m1/s1. The molecular weight excluding hydrogens is 220 g/mol. The van der Waals surface area contributed by atoms with Crippen LogP contribution in [0.1, 0.15) is 19.3 Å². The zero-order valence-corrected chi connectivity index (χ0v) is 10.4. The number of hydrogen-bond acceptors (Lipinski definition) is 3. The van der Waals surface area contributed by atoms with E-state index in [1.165, 1.54) is 0 Å². The molecular formula is C12H20N2O3. The van der Waals surface area contributed by atoms with Crippen molar-refractivity contribution >= 4 is 11.9 Å². The number of piperidine rings is 1. The minimum Gasteiger partial charge on any atom is -0.481 e. The summed E-state index contributed by atoms with van der Waals surface area (Å²) in [5, 5.41) is 8.82. The van der Waals surface area contributed by atoms with Gasteiger partial charge in [-0.2, -0.15) is 0 Å². The van der Waals surface area contributed by atoms with Gasteiger partial charge < -0.3 is 14.9 Å². The summed E-state index contributed by atoms with van der Waals surface area (Å²) in [4.78, 5) is 26.8. The molecule has 0 aromatic carbocycles. The maximum absolute atomic E-state index is 12.0. The molecule has 2 atom stereocenters. The lowest BCUT2D eigenvalue weighted by molar-refractivity contribution is -0.142. The second-order valence-electron chi connectivity index (χ2n) is 5.27. The number of carbonyl (C=O) groups is 2. The smallest absolute Gasteiger partial charge is 0.307 e. The fourth-order valence-electron chi connectivity index (χ4n) is 2.56. The van der Waals surface area contributed by atoms with E-state index in [1.54, 1.807) is 4.90 Å². The van der Waals surface area contributed by atoms with Crippen molar-refractivity contribution in [3.05, 3.63) is 0 Å². The van der Waals surface area contributed by atoms with Crippen LogP contribution in [0.5, 0.6) is 0 Å². The highest BCUT2D eigenvalue weighted by molar-refractivity contribution is 5.89. The fourth-order valence-corrected chi connectivity index (χ4v) is 2.56. The predicted molar refractivity (Wildman–Crippen MR) is 62.5 cm³/mol. The van der Waals surface area contributed by atoms with Crippen molar-refractivity contribution in [3.63, 3.8) is 0 Å². The molecule has 0 spiro atoms. The van der Waals surface area contributed by atoms with Gasteiger partial charge in [-0.05, 0) is 39.4 Å². The molecule has 1 aliphatic carbocycles. The van der Waals surface area contributed by atoms with Crippen LogP contribution >= 0.6 is 0 Å². The first-order valence-corrected chi connectivity index (χ1v) is 6.18. The number of rotatable bonds is 3. The molecule has 17 heavy (non-hydrogen) atoms. The van der Waals surface area contributed by atoms with Crippen LogP contribution in [0.15, 0.2) is 0 Å². The number of aliphatic carboxylic acids is 1. The second kappa shape index (κ2) is 4.64. The summed E-state index contributed by atoms with van der Waals surface area (Å²) in [6.07, 6.45) is 2.50. The predicted octanol–water partition coefficient (Wildman–Crippen LogP) is 0.260. The Morgan fingerprint density at radius 3 is 2.29 bits per heavy atom. The van der Waals surface area contributed by atoms with Crippen molar-refractivity contribution in [2.24, 2.45) is 11.8 Å². The van der Waals surface area contributed by atoms with E-state index in [9.17, 15) is 9.59 Å². The van der Waals surface area contributed by atoms with E-state index in [1.807, 2.05) is 7.05 Å². The minimum atomic E-state index is -0.833. The van der Waals surface area contributed by atoms with Crippen molar-refractivity contribution in [2.45, 2.75) is 25.3 Å². The van der Waals surface area contributed by atoms with Gasteiger partial charge in [-0.1, -0.05) is 0 Å². The van der Waals surface area contributed by atoms with Gasteiger partial charge >= 0.3 is 5.97 Å². The average Bonchev–Trinajstić information content (AvgIpc) is 3.08. The van der Waals surface area contributed by atoms with E-state index in [2.05, 4.69) is 11.9 Å². The normalized spacial score (nSPS) is 30.0. The third-order valence-electron chi connectivity index (χ3n) is 4.01. The molecule has 1 heterocycles. The van der Waals surface area contributed by atoms with Crippen molar-refractivity contribution in [1.29, 1.82) is 0 Å². The summed E-state index contributed by atoms with van der Waals surface area (Å²) >= 11 is 0. The molecule has 2 aliphatic rings. The quantitative estimate of drug-likeness (QED) is 0.768. The zero-order chi connectivity index (χ0) is 12.6. The van der Waals surface area contributed by atoms with Gasteiger partial charge in [-0.25, -0.2) is 0 Å². The van der Waals surface area contributed by atoms with Gasteiger partial charge in [0.15, 0.2) is 0 Å². The molecule has 0 aromatic rings. The molecule has 5 nitrogen and oxygen atoms in total. The highest BCUT2D eigenvalue weighted by atomic mass is 16.4. The van der Waals surface area contributed by atoms with Crippen molar-refractivity contribution in [1.82, 2.24) is 9.80 Å². The van der Waals surface area contributed by atoms with Gasteiger partial charge in [-0.3, -0.25) is 9.59 Å². The van der Waals surface area contributed by atoms with Gasteiger partial charge in [0.05, 0.1) is 11.8 Å². The Bertz CT molecular complexity index is 324. The first-order valence-electron chi connectivity index (χ1n) is 6.18. The summed E-state index contributed by atoms with van der Waals surface area (Å²) in [5.74, 6) is -1.51. The van der Waals surface area contributed by atoms with Crippen LogP contribution in [0, 0.1) is 11.8 Å². The van der Waals surface area contributed by atoms with Crippen LogP contribution < -0.4 is 0 Å². The first kappa shape index (κ1) is 12.4. The number of carboxylic acid groups (broad SMARTS) is 1. The molecule has 1 N–H and O–H groups in total. The van der Waals surface area contributed by atoms with Crippen LogP contribution in [0.2, 0.25) is 0 Å². The van der Waals surface area contributed by atoms with Gasteiger partial charge in [0, 0.05) is 13.1 Å². The largest absolute Gasteiger partial charge is 0.481 e. The van der Waals surface area contributed by atoms with E-state index in [0.29, 0.717) is 6.42 Å². The molecule has 0 radical (unpaired) electrons. The highest BCUT2D eigenvalue weighted by Crippen LogP contribution is 2.40. The van der Waals surface area contributed by atoms with Gasteiger partial charge in [0.25, 0.3) is 0 Å². The fraction of sp³-hybridized carbons (Fsp3) is 0.833.